The Morgan fingerprint density at radius 1 is 1.04 bits per heavy atom. The van der Waals surface area contributed by atoms with Crippen LogP contribution in [-0.4, -0.2) is 107 Å². The van der Waals surface area contributed by atoms with Crippen LogP contribution in [0.1, 0.15) is 43.7 Å². The summed E-state index contributed by atoms with van der Waals surface area (Å²) in [7, 11) is 8.17. The molecule has 1 unspecified atom stereocenters. The molecule has 0 saturated heterocycles. The van der Waals surface area contributed by atoms with Gasteiger partial charge in [-0.3, -0.25) is 4.79 Å². The van der Waals surface area contributed by atoms with Gasteiger partial charge in [0.2, 0.25) is 0 Å². The van der Waals surface area contributed by atoms with Gasteiger partial charge in [0.05, 0.1) is 19.8 Å². The lowest BCUT2D eigenvalue weighted by atomic mass is 10.1. The van der Waals surface area contributed by atoms with Crippen molar-refractivity contribution in [3.05, 3.63) is 93.7 Å². The molecule has 264 valence electrons. The smallest absolute Gasteiger partial charge is 0.251 e. The molecule has 0 saturated carbocycles. The first-order chi connectivity index (χ1) is 23.5. The monoisotopic (exact) mass is 671 g/mol. The number of anilines is 2. The van der Waals surface area contributed by atoms with Crippen molar-refractivity contribution in [1.82, 2.24) is 20.1 Å². The Hall–Kier alpha value is -4.71. The Morgan fingerprint density at radius 2 is 1.80 bits per heavy atom. The van der Waals surface area contributed by atoms with E-state index in [0.717, 1.165) is 78.1 Å². The topological polar surface area (TPSA) is 154 Å². The van der Waals surface area contributed by atoms with Gasteiger partial charge in [-0.15, -0.1) is 0 Å². The number of hydrogen-bond donors (Lipinski definition) is 4. The number of nitrogens with two attached hydrogens (primary N) is 1. The van der Waals surface area contributed by atoms with Crippen molar-refractivity contribution < 1.29 is 19.1 Å². The molecular formula is C38H53N7O4. The van der Waals surface area contributed by atoms with Crippen molar-refractivity contribution in [1.29, 1.82) is 5.41 Å². The number of ether oxygens (including phenoxy) is 1. The molecule has 0 radical (unpaired) electrons. The number of nitrogens with one attached hydrogen (secondary N) is 3. The lowest BCUT2D eigenvalue weighted by Gasteiger charge is -2.18. The number of pyridine rings is 1. The molecule has 0 aliphatic heterocycles. The minimum absolute atomic E-state index is 0.0207. The first kappa shape index (κ1) is 40.5. The highest BCUT2D eigenvalue weighted by atomic mass is 16.5. The number of aromatic nitrogens is 1. The van der Waals surface area contributed by atoms with Crippen LogP contribution in [0.4, 0.5) is 11.5 Å². The average molecular weight is 672 g/mol. The number of aldehydes is 2. The molecule has 1 amide bonds. The van der Waals surface area contributed by atoms with Crippen LogP contribution in [0.5, 0.6) is 0 Å². The number of carbonyl (C=O) groups excluding carboxylic acids is 3. The molecule has 1 atom stereocenters. The van der Waals surface area contributed by atoms with Gasteiger partial charge in [-0.2, -0.15) is 0 Å². The number of nitrogens with zero attached hydrogens (tertiary/aromatic N) is 3. The van der Waals surface area contributed by atoms with E-state index in [1.165, 1.54) is 6.21 Å². The first-order valence-corrected chi connectivity index (χ1v) is 16.4. The highest BCUT2D eigenvalue weighted by molar-refractivity contribution is 5.95. The summed E-state index contributed by atoms with van der Waals surface area (Å²) in [5.41, 5.74) is 13.2. The molecule has 0 fully saturated rings. The highest BCUT2D eigenvalue weighted by Crippen LogP contribution is 2.26. The Morgan fingerprint density at radius 3 is 2.43 bits per heavy atom. The van der Waals surface area contributed by atoms with Gasteiger partial charge in [-0.1, -0.05) is 29.8 Å². The number of fused-ring (bicyclic) bond motifs is 1. The standard InChI is InChI=1S/C16H28N4O.C13H13NO3.C9H12N2/c1-17-16-8-7-15(14-18-16)6-5-12-21-13-11-20(4)10-9-19(2)3;15-4-3-14-13(17)11-2-1-10-5-9(8-16)6-12(10)7-11;1-6-3-7(2)9(11)8(4-6)5-10/h5-8,14H,9-13H2,1-4H3,(H,17,18);1-2,4,7-9H,3,5-6H2,(H,14,17);3-5,10H,11H2,1-2H3/b6-5+;;. The highest BCUT2D eigenvalue weighted by Gasteiger charge is 2.21. The fourth-order valence-corrected chi connectivity index (χ4v) is 4.95. The van der Waals surface area contributed by atoms with E-state index in [-0.39, 0.29) is 18.4 Å². The number of carbonyl (C=O) groups is 3. The maximum absolute atomic E-state index is 11.6. The molecule has 0 spiro atoms. The van der Waals surface area contributed by atoms with E-state index >= 15 is 0 Å². The maximum Gasteiger partial charge on any atom is 0.251 e. The number of aryl methyl sites for hydroxylation is 2. The summed E-state index contributed by atoms with van der Waals surface area (Å²) in [5.74, 6) is 0.664. The molecular weight excluding hydrogens is 618 g/mol. The van der Waals surface area contributed by atoms with E-state index in [4.69, 9.17) is 15.9 Å². The number of amides is 1. The normalized spacial score (nSPS) is 13.2. The van der Waals surface area contributed by atoms with Crippen molar-refractivity contribution in [3.8, 4) is 0 Å². The quantitative estimate of drug-likeness (QED) is 0.0811. The number of likely N-dealkylation sites (N-methyl/N-ethyl adjacent to an activating group) is 2. The van der Waals surface area contributed by atoms with Crippen LogP contribution in [0.3, 0.4) is 0 Å². The van der Waals surface area contributed by atoms with Crippen LogP contribution in [0.2, 0.25) is 0 Å². The average Bonchev–Trinajstić information content (AvgIpc) is 3.53. The van der Waals surface area contributed by atoms with Crippen molar-refractivity contribution in [2.75, 3.05) is 78.6 Å². The van der Waals surface area contributed by atoms with Crippen LogP contribution in [0.25, 0.3) is 6.08 Å². The summed E-state index contributed by atoms with van der Waals surface area (Å²) in [6.45, 7) is 8.46. The summed E-state index contributed by atoms with van der Waals surface area (Å²) >= 11 is 0. The summed E-state index contributed by atoms with van der Waals surface area (Å²) in [4.78, 5) is 41.2. The van der Waals surface area contributed by atoms with Crippen molar-refractivity contribution in [3.63, 3.8) is 0 Å². The summed E-state index contributed by atoms with van der Waals surface area (Å²) in [6, 6.07) is 13.3. The van der Waals surface area contributed by atoms with Gasteiger partial charge in [0.15, 0.2) is 0 Å². The lowest BCUT2D eigenvalue weighted by molar-refractivity contribution is -0.110. The van der Waals surface area contributed by atoms with Gasteiger partial charge < -0.3 is 45.9 Å². The molecule has 11 nitrogen and oxygen atoms in total. The fourth-order valence-electron chi connectivity index (χ4n) is 4.95. The van der Waals surface area contributed by atoms with Crippen LogP contribution < -0.4 is 16.4 Å². The summed E-state index contributed by atoms with van der Waals surface area (Å²) in [6.07, 6.45) is 10.3. The molecule has 4 rings (SSSR count). The van der Waals surface area contributed by atoms with Crippen molar-refractivity contribution in [2.45, 2.75) is 26.7 Å². The van der Waals surface area contributed by atoms with E-state index in [0.29, 0.717) is 30.6 Å². The maximum atomic E-state index is 11.6. The van der Waals surface area contributed by atoms with Gasteiger partial charge in [0, 0.05) is 61.8 Å². The largest absolute Gasteiger partial charge is 0.398 e. The first-order valence-electron chi connectivity index (χ1n) is 16.4. The molecule has 0 bridgehead atoms. The van der Waals surface area contributed by atoms with Gasteiger partial charge in [-0.05, 0) is 100 Å². The van der Waals surface area contributed by atoms with E-state index in [1.807, 2.05) is 69.6 Å². The van der Waals surface area contributed by atoms with Gasteiger partial charge in [0.1, 0.15) is 18.4 Å². The Bertz CT molecular complexity index is 1520. The Kier molecular flexibility index (Phi) is 18.2. The molecule has 5 N–H and O–H groups in total. The fraction of sp³-hybridized carbons (Fsp3) is 0.395. The molecule has 11 heteroatoms. The Balaban J connectivity index is 0.000000267. The second-order valence-corrected chi connectivity index (χ2v) is 12.2. The van der Waals surface area contributed by atoms with Crippen molar-refractivity contribution in [2.24, 2.45) is 5.92 Å². The van der Waals surface area contributed by atoms with Gasteiger partial charge in [-0.25, -0.2) is 4.98 Å². The van der Waals surface area contributed by atoms with Crippen LogP contribution in [0, 0.1) is 25.2 Å². The third kappa shape index (κ3) is 14.9. The Labute approximate surface area is 291 Å². The van der Waals surface area contributed by atoms with Gasteiger partial charge in [0.25, 0.3) is 5.91 Å². The number of rotatable bonds is 15. The molecule has 1 aliphatic carbocycles. The van der Waals surface area contributed by atoms with E-state index < -0.39 is 0 Å². The zero-order valence-corrected chi connectivity index (χ0v) is 29.8. The van der Waals surface area contributed by atoms with Crippen molar-refractivity contribution >= 4 is 42.3 Å². The van der Waals surface area contributed by atoms with E-state index in [2.05, 4.69) is 46.6 Å². The molecule has 2 aromatic carbocycles. The lowest BCUT2D eigenvalue weighted by Crippen LogP contribution is -2.31. The minimum atomic E-state index is -0.255. The van der Waals surface area contributed by atoms with E-state index in [9.17, 15) is 14.4 Å². The molecule has 49 heavy (non-hydrogen) atoms. The predicted molar refractivity (Wildman–Crippen MR) is 200 cm³/mol. The molecule has 1 aliphatic rings. The van der Waals surface area contributed by atoms with Crippen LogP contribution >= 0.6 is 0 Å². The molecule has 1 aromatic heterocycles. The molecule has 3 aromatic rings. The second-order valence-electron chi connectivity index (χ2n) is 12.2. The summed E-state index contributed by atoms with van der Waals surface area (Å²) in [5, 5.41) is 12.6. The van der Waals surface area contributed by atoms with Gasteiger partial charge >= 0.3 is 0 Å². The number of hydrogen-bond acceptors (Lipinski definition) is 10. The predicted octanol–water partition coefficient (Wildman–Crippen LogP) is 4.06. The van der Waals surface area contributed by atoms with E-state index in [1.54, 1.807) is 12.1 Å². The zero-order valence-electron chi connectivity index (χ0n) is 29.8. The second kappa shape index (κ2) is 22.0. The molecule has 1 heterocycles. The number of nitrogen functional groups attached to an aromatic ring is 1. The van der Waals surface area contributed by atoms with Crippen LogP contribution in [-0.2, 0) is 27.2 Å². The minimum Gasteiger partial charge on any atom is -0.398 e. The summed E-state index contributed by atoms with van der Waals surface area (Å²) < 4.78 is 5.60. The zero-order chi connectivity index (χ0) is 36.2. The van der Waals surface area contributed by atoms with Crippen LogP contribution in [0.15, 0.2) is 54.7 Å². The third-order valence-electron chi connectivity index (χ3n) is 7.80. The third-order valence-corrected chi connectivity index (χ3v) is 7.80. The number of benzene rings is 2. The SMILES string of the molecule is CNc1ccc(/C=C/COCCN(C)CCN(C)C)cn1.Cc1cc(C)c(N)c(C=N)c1.O=CCNC(=O)c1ccc2c(c1)CC(C=O)C2.